The molecule has 1 unspecified atom stereocenters. The quantitative estimate of drug-likeness (QED) is 0.748. The van der Waals surface area contributed by atoms with Gasteiger partial charge in [0, 0.05) is 5.69 Å². The lowest BCUT2D eigenvalue weighted by Gasteiger charge is -2.17. The van der Waals surface area contributed by atoms with Crippen LogP contribution in [0.1, 0.15) is 36.8 Å². The van der Waals surface area contributed by atoms with Gasteiger partial charge in [-0.15, -0.1) is 5.10 Å². The molecule has 0 saturated heterocycles. The van der Waals surface area contributed by atoms with Gasteiger partial charge >= 0.3 is 0 Å². The van der Waals surface area contributed by atoms with E-state index in [2.05, 4.69) is 27.8 Å². The zero-order valence-corrected chi connectivity index (χ0v) is 14.4. The van der Waals surface area contributed by atoms with Crippen molar-refractivity contribution >= 4 is 11.6 Å². The molecule has 0 aliphatic carbocycles. The topological polar surface area (TPSA) is 72.7 Å². The number of aryl methyl sites for hydroxylation is 1. The molecule has 25 heavy (non-hydrogen) atoms. The highest BCUT2D eigenvalue weighted by Crippen LogP contribution is 2.24. The maximum absolute atomic E-state index is 12.8. The molecule has 6 nitrogen and oxygen atoms in total. The van der Waals surface area contributed by atoms with Crippen molar-refractivity contribution < 1.29 is 4.79 Å². The smallest absolute Gasteiger partial charge is 0.231 e. The van der Waals surface area contributed by atoms with Gasteiger partial charge in [-0.2, -0.15) is 0 Å². The molecule has 1 heterocycles. The summed E-state index contributed by atoms with van der Waals surface area (Å²) in [7, 11) is 0. The van der Waals surface area contributed by atoms with Crippen LogP contribution >= 0.6 is 0 Å². The largest absolute Gasteiger partial charge is 0.326 e. The monoisotopic (exact) mass is 335 g/mol. The predicted octanol–water partition coefficient (Wildman–Crippen LogP) is 3.49. The zero-order chi connectivity index (χ0) is 17.6. The molecule has 0 saturated carbocycles. The molecular formula is C19H21N5O. The third-order valence-electron chi connectivity index (χ3n) is 4.16. The van der Waals surface area contributed by atoms with Crippen molar-refractivity contribution in [1.82, 2.24) is 20.2 Å². The Morgan fingerprint density at radius 3 is 2.64 bits per heavy atom. The normalized spacial score (nSPS) is 11.9. The highest BCUT2D eigenvalue weighted by Gasteiger charge is 2.19. The van der Waals surface area contributed by atoms with Crippen LogP contribution in [0.3, 0.4) is 0 Å². The summed E-state index contributed by atoms with van der Waals surface area (Å²) in [6.07, 6.45) is 3.31. The molecule has 0 aliphatic rings. The first-order chi connectivity index (χ1) is 12.2. The lowest BCUT2D eigenvalue weighted by molar-refractivity contribution is -0.117. The summed E-state index contributed by atoms with van der Waals surface area (Å²) in [5.74, 6) is -0.131. The first-order valence-electron chi connectivity index (χ1n) is 8.39. The van der Waals surface area contributed by atoms with Crippen LogP contribution in [0.5, 0.6) is 0 Å². The number of carbonyl (C=O) groups is 1. The molecule has 128 valence electrons. The van der Waals surface area contributed by atoms with Crippen LogP contribution in [0.2, 0.25) is 0 Å². The van der Waals surface area contributed by atoms with Gasteiger partial charge < -0.3 is 5.32 Å². The maximum atomic E-state index is 12.8. The van der Waals surface area contributed by atoms with E-state index in [0.717, 1.165) is 35.3 Å². The molecular weight excluding hydrogens is 314 g/mol. The second-order valence-corrected chi connectivity index (χ2v) is 6.00. The average Bonchev–Trinajstić information content (AvgIpc) is 3.15. The number of carbonyl (C=O) groups excluding carboxylic acids is 1. The van der Waals surface area contributed by atoms with Crippen molar-refractivity contribution in [3.8, 4) is 5.69 Å². The van der Waals surface area contributed by atoms with Crippen LogP contribution in [0.15, 0.2) is 54.9 Å². The van der Waals surface area contributed by atoms with Crippen molar-refractivity contribution in [2.24, 2.45) is 0 Å². The van der Waals surface area contributed by atoms with Crippen LogP contribution in [0, 0.1) is 6.92 Å². The third kappa shape index (κ3) is 3.91. The van der Waals surface area contributed by atoms with Gasteiger partial charge in [-0.1, -0.05) is 43.7 Å². The number of nitrogens with zero attached hydrogens (tertiary/aromatic N) is 4. The van der Waals surface area contributed by atoms with Crippen LogP contribution < -0.4 is 5.32 Å². The molecule has 0 spiro atoms. The van der Waals surface area contributed by atoms with Crippen LogP contribution in [0.4, 0.5) is 5.69 Å². The van der Waals surface area contributed by atoms with E-state index < -0.39 is 0 Å². The molecule has 1 N–H and O–H groups in total. The molecule has 2 aromatic carbocycles. The Hall–Kier alpha value is -3.02. The Balaban J connectivity index is 1.78. The number of hydrogen-bond donors (Lipinski definition) is 1. The summed E-state index contributed by atoms with van der Waals surface area (Å²) in [6.45, 7) is 4.06. The molecule has 1 amide bonds. The van der Waals surface area contributed by atoms with Gasteiger partial charge in [-0.3, -0.25) is 4.79 Å². The third-order valence-corrected chi connectivity index (χ3v) is 4.16. The Morgan fingerprint density at radius 2 is 2.00 bits per heavy atom. The number of rotatable bonds is 6. The standard InChI is InChI=1S/C19H21N5O/c1-3-7-17(15-8-5-4-6-9-15)19(25)21-16-10-11-18(14(2)12-16)24-13-20-22-23-24/h4-6,8-13,17H,3,7H2,1-2H3,(H,21,25). The molecule has 1 atom stereocenters. The van der Waals surface area contributed by atoms with E-state index >= 15 is 0 Å². The molecule has 6 heteroatoms. The molecule has 0 bridgehead atoms. The number of nitrogens with one attached hydrogen (secondary N) is 1. The Bertz CT molecular complexity index is 830. The van der Waals surface area contributed by atoms with Crippen LogP contribution in [-0.4, -0.2) is 26.1 Å². The Labute approximate surface area is 146 Å². The van der Waals surface area contributed by atoms with Crippen molar-refractivity contribution in [3.63, 3.8) is 0 Å². The Kier molecular flexibility index (Phi) is 5.18. The van der Waals surface area contributed by atoms with E-state index in [4.69, 9.17) is 0 Å². The summed E-state index contributed by atoms with van der Waals surface area (Å²) in [6, 6.07) is 15.6. The second-order valence-electron chi connectivity index (χ2n) is 6.00. The summed E-state index contributed by atoms with van der Waals surface area (Å²) >= 11 is 0. The summed E-state index contributed by atoms with van der Waals surface area (Å²) in [5, 5.41) is 14.2. The van der Waals surface area contributed by atoms with E-state index in [9.17, 15) is 4.79 Å². The number of amides is 1. The van der Waals surface area contributed by atoms with E-state index in [1.54, 1.807) is 11.0 Å². The number of anilines is 1. The van der Waals surface area contributed by atoms with Crippen LogP contribution in [0.25, 0.3) is 5.69 Å². The fourth-order valence-electron chi connectivity index (χ4n) is 2.91. The first-order valence-corrected chi connectivity index (χ1v) is 8.39. The minimum absolute atomic E-state index is 0.0163. The molecule has 0 aliphatic heterocycles. The predicted molar refractivity (Wildman–Crippen MR) is 96.6 cm³/mol. The van der Waals surface area contributed by atoms with Crippen molar-refractivity contribution in [3.05, 3.63) is 66.0 Å². The fourth-order valence-corrected chi connectivity index (χ4v) is 2.91. The minimum Gasteiger partial charge on any atom is -0.326 e. The van der Waals surface area contributed by atoms with E-state index in [0.29, 0.717) is 0 Å². The molecule has 3 rings (SSSR count). The van der Waals surface area contributed by atoms with E-state index in [1.165, 1.54) is 0 Å². The van der Waals surface area contributed by atoms with Crippen molar-refractivity contribution in [1.29, 1.82) is 0 Å². The summed E-state index contributed by atoms with van der Waals surface area (Å²) in [4.78, 5) is 12.8. The van der Waals surface area contributed by atoms with Gasteiger partial charge in [0.05, 0.1) is 11.6 Å². The van der Waals surface area contributed by atoms with Crippen molar-refractivity contribution in [2.45, 2.75) is 32.6 Å². The highest BCUT2D eigenvalue weighted by atomic mass is 16.1. The van der Waals surface area contributed by atoms with E-state index in [-0.39, 0.29) is 11.8 Å². The minimum atomic E-state index is -0.148. The lowest BCUT2D eigenvalue weighted by atomic mass is 9.93. The number of hydrogen-bond acceptors (Lipinski definition) is 4. The van der Waals surface area contributed by atoms with Gasteiger partial charge in [-0.05, 0) is 53.1 Å². The molecule has 1 aromatic heterocycles. The first kappa shape index (κ1) is 16.8. The average molecular weight is 335 g/mol. The summed E-state index contributed by atoms with van der Waals surface area (Å²) in [5.41, 5.74) is 3.69. The Morgan fingerprint density at radius 1 is 1.20 bits per heavy atom. The van der Waals surface area contributed by atoms with Gasteiger partial charge in [0.25, 0.3) is 0 Å². The molecule has 0 fully saturated rings. The van der Waals surface area contributed by atoms with Gasteiger partial charge in [-0.25, -0.2) is 4.68 Å². The maximum Gasteiger partial charge on any atom is 0.231 e. The summed E-state index contributed by atoms with van der Waals surface area (Å²) < 4.78 is 1.60. The van der Waals surface area contributed by atoms with Gasteiger partial charge in [0.2, 0.25) is 5.91 Å². The fraction of sp³-hybridized carbons (Fsp3) is 0.263. The van der Waals surface area contributed by atoms with E-state index in [1.807, 2.05) is 55.5 Å². The number of aromatic nitrogens is 4. The number of tetrazole rings is 1. The number of benzene rings is 2. The molecule has 0 radical (unpaired) electrons. The lowest BCUT2D eigenvalue weighted by Crippen LogP contribution is -2.21. The zero-order valence-electron chi connectivity index (χ0n) is 14.4. The van der Waals surface area contributed by atoms with Crippen molar-refractivity contribution in [2.75, 3.05) is 5.32 Å². The van der Waals surface area contributed by atoms with Crippen LogP contribution in [-0.2, 0) is 4.79 Å². The molecule has 3 aromatic rings. The van der Waals surface area contributed by atoms with Gasteiger partial charge in [0.15, 0.2) is 0 Å². The van der Waals surface area contributed by atoms with Gasteiger partial charge in [0.1, 0.15) is 6.33 Å². The highest BCUT2D eigenvalue weighted by molar-refractivity contribution is 5.96. The SMILES string of the molecule is CCCC(C(=O)Nc1ccc(-n2cnnn2)c(C)c1)c1ccccc1. The second kappa shape index (κ2) is 7.70.